The minimum absolute atomic E-state index is 0.102. The van der Waals surface area contributed by atoms with Crippen LogP contribution in [-0.2, 0) is 16.0 Å². The number of fused-ring (bicyclic) bond motifs is 3. The van der Waals surface area contributed by atoms with Gasteiger partial charge in [0.2, 0.25) is 0 Å². The van der Waals surface area contributed by atoms with Crippen molar-refractivity contribution in [1.82, 2.24) is 20.1 Å². The van der Waals surface area contributed by atoms with E-state index in [0.717, 1.165) is 60.6 Å². The SMILES string of the molecule is O=C(COc1ccc(C2c3[nH]c4ccc(Cl)cc4c3CCN2C(=O)Oc2ccc(F)cc2)cc1)NCCN1CCOCC1. The molecule has 2 aliphatic heterocycles. The van der Waals surface area contributed by atoms with Gasteiger partial charge in [-0.15, -0.1) is 0 Å². The van der Waals surface area contributed by atoms with Gasteiger partial charge < -0.3 is 24.5 Å². The summed E-state index contributed by atoms with van der Waals surface area (Å²) in [4.78, 5) is 33.2. The van der Waals surface area contributed by atoms with Gasteiger partial charge in [-0.25, -0.2) is 9.18 Å². The Morgan fingerprint density at radius 1 is 1.00 bits per heavy atom. The Balaban J connectivity index is 1.17. The number of nitrogens with one attached hydrogen (secondary N) is 2. The van der Waals surface area contributed by atoms with E-state index >= 15 is 0 Å². The molecule has 1 saturated heterocycles. The molecule has 1 atom stereocenters. The highest BCUT2D eigenvalue weighted by Gasteiger charge is 2.36. The molecule has 0 radical (unpaired) electrons. The summed E-state index contributed by atoms with van der Waals surface area (Å²) in [5.41, 5.74) is 3.71. The van der Waals surface area contributed by atoms with E-state index in [1.54, 1.807) is 17.0 Å². The first kappa shape index (κ1) is 29.0. The van der Waals surface area contributed by atoms with Crippen LogP contribution in [0.15, 0.2) is 66.7 Å². The molecule has 0 spiro atoms. The number of halogens is 2. The van der Waals surface area contributed by atoms with E-state index in [9.17, 15) is 14.0 Å². The third-order valence-corrected chi connectivity index (χ3v) is 8.00. The summed E-state index contributed by atoms with van der Waals surface area (Å²) in [7, 11) is 0. The lowest BCUT2D eigenvalue weighted by atomic mass is 9.92. The second-order valence-electron chi connectivity index (χ2n) is 10.5. The van der Waals surface area contributed by atoms with Gasteiger partial charge in [0.25, 0.3) is 5.91 Å². The molecular weight excluding hydrogens is 575 g/mol. The predicted molar refractivity (Wildman–Crippen MR) is 160 cm³/mol. The first-order valence-electron chi connectivity index (χ1n) is 14.3. The molecule has 2 aliphatic rings. The third-order valence-electron chi connectivity index (χ3n) is 7.76. The number of ether oxygens (including phenoxy) is 3. The predicted octanol–water partition coefficient (Wildman–Crippen LogP) is 4.93. The molecule has 0 bridgehead atoms. The zero-order valence-electron chi connectivity index (χ0n) is 23.5. The Labute approximate surface area is 253 Å². The van der Waals surface area contributed by atoms with Gasteiger partial charge in [-0.1, -0.05) is 23.7 Å². The zero-order valence-corrected chi connectivity index (χ0v) is 24.2. The van der Waals surface area contributed by atoms with Crippen molar-refractivity contribution >= 4 is 34.5 Å². The molecule has 224 valence electrons. The number of H-pyrrole nitrogens is 1. The van der Waals surface area contributed by atoms with E-state index in [2.05, 4.69) is 15.2 Å². The Morgan fingerprint density at radius 3 is 2.51 bits per heavy atom. The molecule has 1 fully saturated rings. The number of rotatable bonds is 8. The number of carbonyl (C=O) groups excluding carboxylic acids is 2. The molecule has 1 aromatic heterocycles. The minimum atomic E-state index is -0.548. The maximum Gasteiger partial charge on any atom is 0.416 e. The zero-order chi connectivity index (χ0) is 29.8. The van der Waals surface area contributed by atoms with Crippen molar-refractivity contribution in [3.8, 4) is 11.5 Å². The smallest absolute Gasteiger partial charge is 0.416 e. The summed E-state index contributed by atoms with van der Waals surface area (Å²) in [6.45, 7) is 4.80. The topological polar surface area (TPSA) is 96.1 Å². The summed E-state index contributed by atoms with van der Waals surface area (Å²) in [5.74, 6) is 0.184. The first-order valence-corrected chi connectivity index (χ1v) is 14.7. The molecule has 43 heavy (non-hydrogen) atoms. The van der Waals surface area contributed by atoms with Gasteiger partial charge in [0.05, 0.1) is 13.2 Å². The van der Waals surface area contributed by atoms with E-state index in [1.807, 2.05) is 30.3 Å². The highest BCUT2D eigenvalue weighted by molar-refractivity contribution is 6.31. The van der Waals surface area contributed by atoms with Gasteiger partial charge in [0.15, 0.2) is 6.61 Å². The van der Waals surface area contributed by atoms with Gasteiger partial charge in [-0.05, 0) is 72.1 Å². The van der Waals surface area contributed by atoms with Gasteiger partial charge in [0, 0.05) is 54.3 Å². The summed E-state index contributed by atoms with van der Waals surface area (Å²) < 4.78 is 30.1. The highest BCUT2D eigenvalue weighted by Crippen LogP contribution is 2.40. The maximum atomic E-state index is 13.4. The lowest BCUT2D eigenvalue weighted by Crippen LogP contribution is -2.42. The number of aromatic nitrogens is 1. The normalized spacial score (nSPS) is 17.0. The highest BCUT2D eigenvalue weighted by atomic mass is 35.5. The summed E-state index contributed by atoms with van der Waals surface area (Å²) in [6, 6.07) is 17.9. The molecule has 1 unspecified atom stereocenters. The molecule has 2 N–H and O–H groups in total. The monoisotopic (exact) mass is 606 g/mol. The second kappa shape index (κ2) is 13.0. The molecule has 0 saturated carbocycles. The molecule has 6 rings (SSSR count). The van der Waals surface area contributed by atoms with E-state index in [1.165, 1.54) is 24.3 Å². The summed E-state index contributed by atoms with van der Waals surface area (Å²) in [5, 5.41) is 4.54. The molecule has 9 nitrogen and oxygen atoms in total. The summed E-state index contributed by atoms with van der Waals surface area (Å²) in [6.07, 6.45) is 0.0556. The summed E-state index contributed by atoms with van der Waals surface area (Å²) >= 11 is 6.31. The van der Waals surface area contributed by atoms with Crippen LogP contribution in [0.3, 0.4) is 0 Å². The van der Waals surface area contributed by atoms with Gasteiger partial charge in [0.1, 0.15) is 23.4 Å². The quantitative estimate of drug-likeness (QED) is 0.295. The van der Waals surface area contributed by atoms with Crippen LogP contribution in [0.1, 0.15) is 22.9 Å². The van der Waals surface area contributed by atoms with Crippen LogP contribution in [0.5, 0.6) is 11.5 Å². The number of nitrogens with zero attached hydrogens (tertiary/aromatic N) is 2. The number of hydrogen-bond donors (Lipinski definition) is 2. The van der Waals surface area contributed by atoms with E-state index < -0.39 is 18.0 Å². The number of carbonyl (C=O) groups is 2. The van der Waals surface area contributed by atoms with E-state index in [0.29, 0.717) is 30.3 Å². The van der Waals surface area contributed by atoms with E-state index in [-0.39, 0.29) is 18.3 Å². The van der Waals surface area contributed by atoms with Crippen molar-refractivity contribution in [2.75, 3.05) is 52.5 Å². The van der Waals surface area contributed by atoms with Crippen LogP contribution < -0.4 is 14.8 Å². The molecule has 0 aliphatic carbocycles. The van der Waals surface area contributed by atoms with Crippen molar-refractivity contribution < 1.29 is 28.2 Å². The fourth-order valence-electron chi connectivity index (χ4n) is 5.59. The van der Waals surface area contributed by atoms with Gasteiger partial charge in [-0.2, -0.15) is 0 Å². The standard InChI is InChI=1S/C32H32ClFN4O5/c33-22-3-10-28-27(19-22)26-11-13-38(32(40)43-25-8-4-23(34)5-9-25)31(30(26)36-28)21-1-6-24(7-2-21)42-20-29(39)35-12-14-37-15-17-41-18-16-37/h1-10,19,31,36H,11-18,20H2,(H,35,39). The Morgan fingerprint density at radius 2 is 1.74 bits per heavy atom. The number of amides is 2. The lowest BCUT2D eigenvalue weighted by molar-refractivity contribution is -0.123. The average molecular weight is 607 g/mol. The second-order valence-corrected chi connectivity index (χ2v) is 11.0. The minimum Gasteiger partial charge on any atom is -0.484 e. The van der Waals surface area contributed by atoms with Crippen molar-refractivity contribution in [3.05, 3.63) is 94.4 Å². The van der Waals surface area contributed by atoms with Crippen LogP contribution in [0.4, 0.5) is 9.18 Å². The molecule has 4 aromatic rings. The van der Waals surface area contributed by atoms with Crippen LogP contribution >= 0.6 is 11.6 Å². The average Bonchev–Trinajstić information content (AvgIpc) is 3.39. The lowest BCUT2D eigenvalue weighted by Gasteiger charge is -2.35. The van der Waals surface area contributed by atoms with Crippen molar-refractivity contribution in [2.24, 2.45) is 0 Å². The van der Waals surface area contributed by atoms with Gasteiger partial charge in [-0.3, -0.25) is 14.6 Å². The molecule has 3 heterocycles. The number of benzene rings is 3. The van der Waals surface area contributed by atoms with Crippen molar-refractivity contribution in [2.45, 2.75) is 12.5 Å². The molecule has 2 amide bonds. The van der Waals surface area contributed by atoms with Crippen LogP contribution in [0, 0.1) is 5.82 Å². The Bertz CT molecular complexity index is 1590. The largest absolute Gasteiger partial charge is 0.484 e. The number of morpholine rings is 1. The van der Waals surface area contributed by atoms with Crippen molar-refractivity contribution in [3.63, 3.8) is 0 Å². The number of hydrogen-bond acceptors (Lipinski definition) is 6. The van der Waals surface area contributed by atoms with Crippen LogP contribution in [-0.4, -0.2) is 79.3 Å². The van der Waals surface area contributed by atoms with E-state index in [4.69, 9.17) is 25.8 Å². The molecular formula is C32H32ClFN4O5. The Kier molecular flexibility index (Phi) is 8.78. The van der Waals surface area contributed by atoms with Crippen LogP contribution in [0.2, 0.25) is 5.02 Å². The fraction of sp³-hybridized carbons (Fsp3) is 0.312. The van der Waals surface area contributed by atoms with Gasteiger partial charge >= 0.3 is 6.09 Å². The molecule has 11 heteroatoms. The Hall–Kier alpha value is -4.12. The molecule has 3 aromatic carbocycles. The first-order chi connectivity index (χ1) is 20.9. The number of aromatic amines is 1. The fourth-order valence-corrected chi connectivity index (χ4v) is 5.76. The van der Waals surface area contributed by atoms with Crippen LogP contribution in [0.25, 0.3) is 10.9 Å². The maximum absolute atomic E-state index is 13.4. The van der Waals surface area contributed by atoms with Crippen molar-refractivity contribution in [1.29, 1.82) is 0 Å². The third kappa shape index (κ3) is 6.77.